The van der Waals surface area contributed by atoms with Crippen LogP contribution in [0, 0.1) is 23.7 Å². The molecule has 84 valence electrons. The van der Waals surface area contributed by atoms with Gasteiger partial charge in [-0.1, -0.05) is 0 Å². The number of rotatable bonds is 3. The van der Waals surface area contributed by atoms with Crippen LogP contribution in [0.2, 0.25) is 0 Å². The van der Waals surface area contributed by atoms with E-state index in [1.807, 2.05) is 12.3 Å². The first-order chi connectivity index (χ1) is 7.57. The first-order valence-corrected chi connectivity index (χ1v) is 6.03. The molecule has 5 heteroatoms. The maximum atomic E-state index is 11.9. The van der Waals surface area contributed by atoms with Crippen LogP contribution in [0.5, 0.6) is 0 Å². The van der Waals surface area contributed by atoms with Crippen LogP contribution in [-0.4, -0.2) is 22.8 Å². The first kappa shape index (κ1) is 11.1. The van der Waals surface area contributed by atoms with E-state index < -0.39 is 5.41 Å². The third-order valence-electron chi connectivity index (χ3n) is 2.79. The molecule has 0 bridgehead atoms. The highest BCUT2D eigenvalue weighted by molar-refractivity contribution is 7.09. The van der Waals surface area contributed by atoms with Crippen LogP contribution in [0.25, 0.3) is 0 Å². The highest BCUT2D eigenvalue weighted by Crippen LogP contribution is 2.46. The number of aromatic nitrogens is 1. The maximum Gasteiger partial charge on any atom is 0.243 e. The number of hydrogen-bond donors (Lipinski definition) is 0. The van der Waals surface area contributed by atoms with Gasteiger partial charge in [0.05, 0.1) is 23.3 Å². The van der Waals surface area contributed by atoms with Gasteiger partial charge < -0.3 is 4.90 Å². The van der Waals surface area contributed by atoms with Gasteiger partial charge in [-0.3, -0.25) is 4.79 Å². The van der Waals surface area contributed by atoms with E-state index in [-0.39, 0.29) is 5.91 Å². The first-order valence-electron chi connectivity index (χ1n) is 5.15. The van der Waals surface area contributed by atoms with Crippen molar-refractivity contribution in [3.63, 3.8) is 0 Å². The summed E-state index contributed by atoms with van der Waals surface area (Å²) in [4.78, 5) is 17.9. The van der Waals surface area contributed by atoms with Crippen LogP contribution in [-0.2, 0) is 11.3 Å². The Morgan fingerprint density at radius 2 is 2.44 bits per heavy atom. The lowest BCUT2D eigenvalue weighted by Gasteiger charge is -2.18. The van der Waals surface area contributed by atoms with Crippen LogP contribution in [0.1, 0.15) is 23.5 Å². The second-order valence-corrected chi connectivity index (χ2v) is 5.28. The molecule has 1 amide bonds. The normalized spacial score (nSPS) is 16.6. The van der Waals surface area contributed by atoms with Gasteiger partial charge in [0.25, 0.3) is 0 Å². The number of carbonyl (C=O) groups excluding carboxylic acids is 1. The molecule has 0 unspecified atom stereocenters. The standard InChI is InChI=1S/C11H13N3OS/c1-8-13-9(6-16-8)5-14(2)10(15)11(7-12)3-4-11/h6H,3-5H2,1-2H3. The molecule has 0 saturated heterocycles. The van der Waals surface area contributed by atoms with E-state index in [9.17, 15) is 4.79 Å². The highest BCUT2D eigenvalue weighted by atomic mass is 32.1. The molecule has 4 nitrogen and oxygen atoms in total. The lowest BCUT2D eigenvalue weighted by molar-refractivity contribution is -0.134. The number of nitrogens with zero attached hydrogens (tertiary/aromatic N) is 3. The van der Waals surface area contributed by atoms with Crippen LogP contribution in [0.3, 0.4) is 0 Å². The van der Waals surface area contributed by atoms with Crippen LogP contribution >= 0.6 is 11.3 Å². The maximum absolute atomic E-state index is 11.9. The summed E-state index contributed by atoms with van der Waals surface area (Å²) in [7, 11) is 1.73. The van der Waals surface area contributed by atoms with Gasteiger partial charge in [0.1, 0.15) is 5.41 Å². The van der Waals surface area contributed by atoms with Crippen molar-refractivity contribution in [2.24, 2.45) is 5.41 Å². The molecule has 1 saturated carbocycles. The number of nitriles is 1. The van der Waals surface area contributed by atoms with E-state index in [1.165, 1.54) is 0 Å². The second-order valence-electron chi connectivity index (χ2n) is 4.21. The lowest BCUT2D eigenvalue weighted by atomic mass is 10.1. The van der Waals surface area contributed by atoms with Gasteiger partial charge in [-0.2, -0.15) is 5.26 Å². The zero-order valence-electron chi connectivity index (χ0n) is 9.36. The van der Waals surface area contributed by atoms with E-state index in [2.05, 4.69) is 11.1 Å². The fourth-order valence-corrected chi connectivity index (χ4v) is 2.26. The Hall–Kier alpha value is -1.41. The molecule has 0 atom stereocenters. The van der Waals surface area contributed by atoms with Crippen LogP contribution < -0.4 is 0 Å². The van der Waals surface area contributed by atoms with Crippen LogP contribution in [0.15, 0.2) is 5.38 Å². The summed E-state index contributed by atoms with van der Waals surface area (Å²) in [5.74, 6) is -0.0688. The van der Waals surface area contributed by atoms with Crippen LogP contribution in [0.4, 0.5) is 0 Å². The molecule has 1 aliphatic rings. The summed E-state index contributed by atoms with van der Waals surface area (Å²) in [5, 5.41) is 11.9. The summed E-state index contributed by atoms with van der Waals surface area (Å²) in [6.45, 7) is 2.43. The molecule has 0 radical (unpaired) electrons. The summed E-state index contributed by atoms with van der Waals surface area (Å²) in [5.41, 5.74) is 0.173. The Balaban J connectivity index is 2.01. The number of aryl methyl sites for hydroxylation is 1. The minimum atomic E-state index is -0.722. The molecular weight excluding hydrogens is 222 g/mol. The Bertz CT molecular complexity index is 456. The van der Waals surface area contributed by atoms with Crippen molar-refractivity contribution in [1.82, 2.24) is 9.88 Å². The van der Waals surface area contributed by atoms with E-state index in [4.69, 9.17) is 5.26 Å². The molecule has 0 aliphatic heterocycles. The monoisotopic (exact) mass is 235 g/mol. The Morgan fingerprint density at radius 1 is 1.75 bits per heavy atom. The van der Waals surface area contributed by atoms with Crippen molar-refractivity contribution in [3.8, 4) is 6.07 Å². The minimum Gasteiger partial charge on any atom is -0.338 e. The number of hydrogen-bond acceptors (Lipinski definition) is 4. The van der Waals surface area contributed by atoms with Gasteiger partial charge in [0.15, 0.2) is 0 Å². The summed E-state index contributed by atoms with van der Waals surface area (Å²) >= 11 is 1.57. The third kappa shape index (κ3) is 1.93. The largest absolute Gasteiger partial charge is 0.338 e. The molecule has 0 N–H and O–H groups in total. The highest BCUT2D eigenvalue weighted by Gasteiger charge is 2.51. The average Bonchev–Trinajstić information content (AvgIpc) is 2.97. The minimum absolute atomic E-state index is 0.0688. The number of thiazole rings is 1. The van der Waals surface area contributed by atoms with E-state index >= 15 is 0 Å². The van der Waals surface area contributed by atoms with Crippen molar-refractivity contribution in [3.05, 3.63) is 16.1 Å². The SMILES string of the molecule is Cc1nc(CN(C)C(=O)C2(C#N)CC2)cs1. The van der Waals surface area contributed by atoms with Crippen molar-refractivity contribution >= 4 is 17.2 Å². The molecule has 1 aromatic heterocycles. The fraction of sp³-hybridized carbons (Fsp3) is 0.545. The molecule has 0 aromatic carbocycles. The molecule has 1 aliphatic carbocycles. The molecule has 0 spiro atoms. The van der Waals surface area contributed by atoms with Gasteiger partial charge in [-0.15, -0.1) is 11.3 Å². The predicted molar refractivity (Wildman–Crippen MR) is 60.6 cm³/mol. The van der Waals surface area contributed by atoms with Gasteiger partial charge in [0, 0.05) is 12.4 Å². The summed E-state index contributed by atoms with van der Waals surface area (Å²) < 4.78 is 0. The zero-order chi connectivity index (χ0) is 11.8. The van der Waals surface area contributed by atoms with Gasteiger partial charge in [-0.25, -0.2) is 4.98 Å². The predicted octanol–water partition coefficient (Wildman–Crippen LogP) is 1.71. The second kappa shape index (κ2) is 3.87. The quantitative estimate of drug-likeness (QED) is 0.801. The van der Waals surface area contributed by atoms with Crippen molar-refractivity contribution in [2.75, 3.05) is 7.05 Å². The van der Waals surface area contributed by atoms with Gasteiger partial charge in [0.2, 0.25) is 5.91 Å². The molecule has 1 heterocycles. The van der Waals surface area contributed by atoms with Crippen molar-refractivity contribution < 1.29 is 4.79 Å². The molecule has 2 rings (SSSR count). The third-order valence-corrected chi connectivity index (χ3v) is 3.61. The Labute approximate surface area is 98.5 Å². The van der Waals surface area contributed by atoms with Crippen molar-refractivity contribution in [2.45, 2.75) is 26.3 Å². The lowest BCUT2D eigenvalue weighted by Crippen LogP contribution is -2.33. The van der Waals surface area contributed by atoms with Crippen molar-refractivity contribution in [1.29, 1.82) is 5.26 Å². The molecular formula is C11H13N3OS. The smallest absolute Gasteiger partial charge is 0.243 e. The summed E-state index contributed by atoms with van der Waals surface area (Å²) in [6, 6.07) is 2.12. The van der Waals surface area contributed by atoms with Gasteiger partial charge >= 0.3 is 0 Å². The van der Waals surface area contributed by atoms with E-state index in [0.29, 0.717) is 19.4 Å². The number of amides is 1. The van der Waals surface area contributed by atoms with E-state index in [0.717, 1.165) is 10.7 Å². The molecule has 1 aromatic rings. The fourth-order valence-electron chi connectivity index (χ4n) is 1.66. The summed E-state index contributed by atoms with van der Waals surface area (Å²) in [6.07, 6.45) is 1.39. The topological polar surface area (TPSA) is 57.0 Å². The Morgan fingerprint density at radius 3 is 2.88 bits per heavy atom. The number of carbonyl (C=O) groups is 1. The average molecular weight is 235 g/mol. The van der Waals surface area contributed by atoms with E-state index in [1.54, 1.807) is 23.3 Å². The molecule has 1 fully saturated rings. The Kier molecular flexibility index (Phi) is 2.68. The van der Waals surface area contributed by atoms with Gasteiger partial charge in [-0.05, 0) is 19.8 Å². The molecule has 16 heavy (non-hydrogen) atoms. The zero-order valence-corrected chi connectivity index (χ0v) is 10.2.